The molecule has 2 unspecified atom stereocenters. The van der Waals surface area contributed by atoms with Gasteiger partial charge in [-0.1, -0.05) is 37.8 Å². The number of carbonyl (C=O) groups excluding carboxylic acids is 1. The summed E-state index contributed by atoms with van der Waals surface area (Å²) < 4.78 is 0. The number of hydrogen-bond donors (Lipinski definition) is 1. The molecule has 1 aliphatic rings. The first kappa shape index (κ1) is 13.3. The molecular formula is C13H18ClN3O. The fourth-order valence-corrected chi connectivity index (χ4v) is 2.48. The van der Waals surface area contributed by atoms with Crippen LogP contribution in [0, 0.1) is 5.92 Å². The maximum absolute atomic E-state index is 12.0. The number of nitrogens with zero attached hydrogens (tertiary/aromatic N) is 2. The van der Waals surface area contributed by atoms with Crippen molar-refractivity contribution >= 4 is 17.5 Å². The van der Waals surface area contributed by atoms with E-state index in [1.54, 1.807) is 0 Å². The summed E-state index contributed by atoms with van der Waals surface area (Å²) in [5.74, 6) is 0.370. The zero-order chi connectivity index (χ0) is 13.0. The third kappa shape index (κ3) is 3.42. The van der Waals surface area contributed by atoms with E-state index in [1.807, 2.05) is 0 Å². The van der Waals surface area contributed by atoms with E-state index in [-0.39, 0.29) is 11.9 Å². The second-order valence-electron chi connectivity index (χ2n) is 4.92. The third-order valence-corrected chi connectivity index (χ3v) is 3.73. The predicted octanol–water partition coefficient (Wildman–Crippen LogP) is 2.83. The second kappa shape index (κ2) is 6.14. The third-order valence-electron chi connectivity index (χ3n) is 3.53. The van der Waals surface area contributed by atoms with Gasteiger partial charge in [0, 0.05) is 6.04 Å². The van der Waals surface area contributed by atoms with E-state index in [4.69, 9.17) is 11.6 Å². The smallest absolute Gasteiger partial charge is 0.271 e. The van der Waals surface area contributed by atoms with E-state index in [1.165, 1.54) is 38.1 Å². The van der Waals surface area contributed by atoms with E-state index < -0.39 is 0 Å². The van der Waals surface area contributed by atoms with Gasteiger partial charge in [-0.3, -0.25) is 4.79 Å². The van der Waals surface area contributed by atoms with Gasteiger partial charge in [-0.15, -0.1) is 0 Å². The van der Waals surface area contributed by atoms with Crippen LogP contribution < -0.4 is 5.32 Å². The molecule has 0 saturated heterocycles. The van der Waals surface area contributed by atoms with Crippen LogP contribution in [0.2, 0.25) is 5.15 Å². The van der Waals surface area contributed by atoms with Crippen molar-refractivity contribution in [2.45, 2.75) is 45.1 Å². The molecule has 0 spiro atoms. The second-order valence-corrected chi connectivity index (χ2v) is 5.31. The molecule has 1 aromatic rings. The monoisotopic (exact) mass is 267 g/mol. The minimum Gasteiger partial charge on any atom is -0.348 e. The van der Waals surface area contributed by atoms with E-state index in [0.717, 1.165) is 6.42 Å². The van der Waals surface area contributed by atoms with Gasteiger partial charge in [0.2, 0.25) is 0 Å². The predicted molar refractivity (Wildman–Crippen MR) is 70.5 cm³/mol. The van der Waals surface area contributed by atoms with Gasteiger partial charge in [-0.25, -0.2) is 9.97 Å². The van der Waals surface area contributed by atoms with Crippen LogP contribution in [0.1, 0.15) is 49.5 Å². The average Bonchev–Trinajstić information content (AvgIpc) is 2.56. The van der Waals surface area contributed by atoms with Gasteiger partial charge in [-0.05, 0) is 18.8 Å². The Bertz CT molecular complexity index is 407. The Morgan fingerprint density at radius 2 is 2.06 bits per heavy atom. The Kier molecular flexibility index (Phi) is 4.53. The molecule has 4 nitrogen and oxygen atoms in total. The maximum Gasteiger partial charge on any atom is 0.271 e. The lowest BCUT2D eigenvalue weighted by atomic mass is 9.97. The molecule has 1 aliphatic carbocycles. The zero-order valence-electron chi connectivity index (χ0n) is 10.5. The van der Waals surface area contributed by atoms with Gasteiger partial charge in [0.25, 0.3) is 5.91 Å². The van der Waals surface area contributed by atoms with Crippen LogP contribution in [0.15, 0.2) is 12.4 Å². The molecule has 0 bridgehead atoms. The van der Waals surface area contributed by atoms with Crippen molar-refractivity contribution in [3.63, 3.8) is 0 Å². The lowest BCUT2D eigenvalue weighted by Gasteiger charge is -2.22. The Labute approximate surface area is 112 Å². The zero-order valence-corrected chi connectivity index (χ0v) is 11.3. The van der Waals surface area contributed by atoms with Crippen molar-refractivity contribution < 1.29 is 4.79 Å². The van der Waals surface area contributed by atoms with Crippen molar-refractivity contribution in [2.75, 3.05) is 0 Å². The number of hydrogen-bond acceptors (Lipinski definition) is 3. The molecule has 1 fully saturated rings. The summed E-state index contributed by atoms with van der Waals surface area (Å²) in [6, 6.07) is 0.248. The summed E-state index contributed by atoms with van der Waals surface area (Å²) in [6.45, 7) is 2.20. The SMILES string of the molecule is CC1CCCCCC1NC(=O)c1cnc(Cl)cn1. The highest BCUT2D eigenvalue weighted by atomic mass is 35.5. The first-order valence-corrected chi connectivity index (χ1v) is 6.83. The van der Waals surface area contributed by atoms with Crippen molar-refractivity contribution in [2.24, 2.45) is 5.92 Å². The quantitative estimate of drug-likeness (QED) is 0.839. The lowest BCUT2D eigenvalue weighted by Crippen LogP contribution is -2.39. The highest BCUT2D eigenvalue weighted by molar-refractivity contribution is 6.29. The molecule has 0 aromatic carbocycles. The van der Waals surface area contributed by atoms with Gasteiger partial charge in [0.15, 0.2) is 0 Å². The standard InChI is InChI=1S/C13H18ClN3O/c1-9-5-3-2-4-6-10(9)17-13(18)11-7-16-12(14)8-15-11/h7-10H,2-6H2,1H3,(H,17,18). The molecule has 2 rings (SSSR count). The molecule has 2 atom stereocenters. The summed E-state index contributed by atoms with van der Waals surface area (Å²) >= 11 is 5.65. The van der Waals surface area contributed by atoms with Crippen LogP contribution in [0.25, 0.3) is 0 Å². The highest BCUT2D eigenvalue weighted by Crippen LogP contribution is 2.23. The topological polar surface area (TPSA) is 54.9 Å². The van der Waals surface area contributed by atoms with Crippen LogP contribution in [0.3, 0.4) is 0 Å². The molecule has 1 heterocycles. The van der Waals surface area contributed by atoms with Crippen molar-refractivity contribution in [1.29, 1.82) is 0 Å². The molecule has 5 heteroatoms. The summed E-state index contributed by atoms with van der Waals surface area (Å²) in [5.41, 5.74) is 0.329. The van der Waals surface area contributed by atoms with Crippen molar-refractivity contribution in [1.82, 2.24) is 15.3 Å². The molecule has 1 N–H and O–H groups in total. The minimum atomic E-state index is -0.155. The molecule has 18 heavy (non-hydrogen) atoms. The highest BCUT2D eigenvalue weighted by Gasteiger charge is 2.22. The number of carbonyl (C=O) groups is 1. The fourth-order valence-electron chi connectivity index (χ4n) is 2.38. The van der Waals surface area contributed by atoms with Gasteiger partial charge in [0.1, 0.15) is 10.8 Å². The van der Waals surface area contributed by atoms with Crippen LogP contribution in [-0.2, 0) is 0 Å². The van der Waals surface area contributed by atoms with Crippen molar-refractivity contribution in [3.8, 4) is 0 Å². The van der Waals surface area contributed by atoms with E-state index in [2.05, 4.69) is 22.2 Å². The van der Waals surface area contributed by atoms with Gasteiger partial charge < -0.3 is 5.32 Å². The fraction of sp³-hybridized carbons (Fsp3) is 0.615. The Balaban J connectivity index is 1.99. The molecule has 0 radical (unpaired) electrons. The molecule has 98 valence electrons. The van der Waals surface area contributed by atoms with Crippen LogP contribution in [0.5, 0.6) is 0 Å². The summed E-state index contributed by atoms with van der Waals surface area (Å²) in [4.78, 5) is 19.9. The first-order valence-electron chi connectivity index (χ1n) is 6.45. The van der Waals surface area contributed by atoms with E-state index in [9.17, 15) is 4.79 Å². The van der Waals surface area contributed by atoms with Gasteiger partial charge in [0.05, 0.1) is 12.4 Å². The number of amides is 1. The van der Waals surface area contributed by atoms with E-state index in [0.29, 0.717) is 16.8 Å². The Morgan fingerprint density at radius 3 is 2.78 bits per heavy atom. The maximum atomic E-state index is 12.0. The largest absolute Gasteiger partial charge is 0.348 e. The number of rotatable bonds is 2. The van der Waals surface area contributed by atoms with Gasteiger partial charge >= 0.3 is 0 Å². The molecule has 1 aromatic heterocycles. The van der Waals surface area contributed by atoms with E-state index >= 15 is 0 Å². The molecule has 0 aliphatic heterocycles. The first-order chi connectivity index (χ1) is 8.66. The number of aromatic nitrogens is 2. The summed E-state index contributed by atoms with van der Waals surface area (Å²) in [5, 5.41) is 3.36. The molecule has 1 saturated carbocycles. The minimum absolute atomic E-state index is 0.155. The normalized spacial score (nSPS) is 24.3. The Morgan fingerprint density at radius 1 is 1.28 bits per heavy atom. The summed E-state index contributed by atoms with van der Waals surface area (Å²) in [7, 11) is 0. The van der Waals surface area contributed by atoms with Crippen LogP contribution in [-0.4, -0.2) is 21.9 Å². The van der Waals surface area contributed by atoms with Crippen LogP contribution in [0.4, 0.5) is 0 Å². The average molecular weight is 268 g/mol. The number of nitrogens with one attached hydrogen (secondary N) is 1. The molecule has 1 amide bonds. The number of halogens is 1. The summed E-state index contributed by atoms with van der Waals surface area (Å²) in [6.07, 6.45) is 8.74. The van der Waals surface area contributed by atoms with Crippen molar-refractivity contribution in [3.05, 3.63) is 23.2 Å². The van der Waals surface area contributed by atoms with Gasteiger partial charge in [-0.2, -0.15) is 0 Å². The van der Waals surface area contributed by atoms with Crippen LogP contribution >= 0.6 is 11.6 Å². The Hall–Kier alpha value is -1.16. The molecular weight excluding hydrogens is 250 g/mol. The lowest BCUT2D eigenvalue weighted by molar-refractivity contribution is 0.0916.